The van der Waals surface area contributed by atoms with Crippen LogP contribution in [0.25, 0.3) is 0 Å². The molecule has 0 N–H and O–H groups in total. The molecule has 4 fully saturated rings. The predicted molar refractivity (Wildman–Crippen MR) is 80.4 cm³/mol. The van der Waals surface area contributed by atoms with Crippen molar-refractivity contribution in [2.45, 2.75) is 64.7 Å². The Morgan fingerprint density at radius 1 is 0.947 bits per heavy atom. The summed E-state index contributed by atoms with van der Waals surface area (Å²) in [6, 6.07) is 7.30. The summed E-state index contributed by atoms with van der Waals surface area (Å²) in [6.07, 6.45) is 8.95. The number of aryl methyl sites for hydroxylation is 2. The molecular formula is C19H26. The Balaban J connectivity index is 1.79. The number of rotatable bonds is 1. The molecule has 0 unspecified atom stereocenters. The lowest BCUT2D eigenvalue weighted by atomic mass is 9.43. The van der Waals surface area contributed by atoms with Gasteiger partial charge in [0, 0.05) is 0 Å². The Kier molecular flexibility index (Phi) is 2.31. The molecule has 0 aromatic heterocycles. The summed E-state index contributed by atoms with van der Waals surface area (Å²) in [7, 11) is 0. The van der Waals surface area contributed by atoms with Crippen molar-refractivity contribution in [2.75, 3.05) is 0 Å². The van der Waals surface area contributed by atoms with Gasteiger partial charge in [-0.15, -0.1) is 0 Å². The lowest BCUT2D eigenvalue weighted by Gasteiger charge is -2.61. The average Bonchev–Trinajstić information content (AvgIpc) is 2.29. The highest BCUT2D eigenvalue weighted by molar-refractivity contribution is 5.37. The van der Waals surface area contributed by atoms with Crippen LogP contribution >= 0.6 is 0 Å². The predicted octanol–water partition coefficient (Wildman–Crippen LogP) is 5.16. The van der Waals surface area contributed by atoms with Crippen molar-refractivity contribution in [2.24, 2.45) is 17.3 Å². The summed E-state index contributed by atoms with van der Waals surface area (Å²) in [5.41, 5.74) is 5.79. The van der Waals surface area contributed by atoms with Crippen LogP contribution in [0.15, 0.2) is 18.2 Å². The van der Waals surface area contributed by atoms with Crippen molar-refractivity contribution in [3.05, 3.63) is 34.9 Å². The highest BCUT2D eigenvalue weighted by Crippen LogP contribution is 2.65. The first-order valence-corrected chi connectivity index (χ1v) is 8.06. The average molecular weight is 254 g/mol. The fourth-order valence-corrected chi connectivity index (χ4v) is 6.13. The van der Waals surface area contributed by atoms with Gasteiger partial charge in [-0.2, -0.15) is 0 Å². The highest BCUT2D eigenvalue weighted by Gasteiger charge is 2.56. The Bertz CT molecular complexity index is 511. The van der Waals surface area contributed by atoms with E-state index in [1.165, 1.54) is 49.7 Å². The van der Waals surface area contributed by atoms with Gasteiger partial charge in [0.15, 0.2) is 0 Å². The van der Waals surface area contributed by atoms with E-state index in [9.17, 15) is 0 Å². The Labute approximate surface area is 117 Å². The van der Waals surface area contributed by atoms with Crippen molar-refractivity contribution < 1.29 is 0 Å². The lowest BCUT2D eigenvalue weighted by Crippen LogP contribution is -2.52. The molecule has 102 valence electrons. The van der Waals surface area contributed by atoms with Crippen LogP contribution in [0, 0.1) is 31.1 Å². The Hall–Kier alpha value is -0.780. The smallest absolute Gasteiger partial charge is 0.00364 e. The van der Waals surface area contributed by atoms with Crippen LogP contribution < -0.4 is 0 Å². The van der Waals surface area contributed by atoms with Crippen molar-refractivity contribution in [3.63, 3.8) is 0 Å². The maximum absolute atomic E-state index is 2.57. The molecular weight excluding hydrogens is 228 g/mol. The SMILES string of the molecule is Cc1ccc(C23C[C@@H]4C[C@H](CC(C)(C4)C2)C3)cc1C. The molecule has 0 spiro atoms. The molecule has 0 amide bonds. The van der Waals surface area contributed by atoms with Crippen molar-refractivity contribution >= 4 is 0 Å². The van der Waals surface area contributed by atoms with Gasteiger partial charge in [-0.25, -0.2) is 0 Å². The fraction of sp³-hybridized carbons (Fsp3) is 0.684. The molecule has 19 heavy (non-hydrogen) atoms. The minimum absolute atomic E-state index is 0.539. The molecule has 4 saturated carbocycles. The van der Waals surface area contributed by atoms with E-state index in [0.29, 0.717) is 10.8 Å². The summed E-state index contributed by atoms with van der Waals surface area (Å²) >= 11 is 0. The first kappa shape index (κ1) is 12.0. The van der Waals surface area contributed by atoms with Crippen molar-refractivity contribution in [1.82, 2.24) is 0 Å². The largest absolute Gasteiger partial charge is 0.0596 e. The maximum atomic E-state index is 2.57. The van der Waals surface area contributed by atoms with Crippen LogP contribution in [-0.2, 0) is 5.41 Å². The molecule has 1 aromatic carbocycles. The van der Waals surface area contributed by atoms with Gasteiger partial charge in [-0.3, -0.25) is 0 Å². The molecule has 0 aliphatic heterocycles. The molecule has 5 rings (SSSR count). The van der Waals surface area contributed by atoms with E-state index in [4.69, 9.17) is 0 Å². The molecule has 0 saturated heterocycles. The van der Waals surface area contributed by atoms with Crippen LogP contribution in [0.4, 0.5) is 0 Å². The van der Waals surface area contributed by atoms with Gasteiger partial charge in [0.2, 0.25) is 0 Å². The Morgan fingerprint density at radius 3 is 2.21 bits per heavy atom. The standard InChI is InChI=1S/C19H26/c1-13-4-5-17(6-14(13)2)19-10-15-7-16(11-19)9-18(3,8-15)12-19/h4-6,15-16H,7-12H2,1-3H3/t15-,16-,18?,19?/m1/s1. The van der Waals surface area contributed by atoms with Gasteiger partial charge in [0.05, 0.1) is 0 Å². The second-order valence-electron chi connectivity index (χ2n) is 8.35. The first-order chi connectivity index (χ1) is 8.98. The second-order valence-corrected chi connectivity index (χ2v) is 8.35. The number of hydrogen-bond donors (Lipinski definition) is 0. The summed E-state index contributed by atoms with van der Waals surface area (Å²) < 4.78 is 0. The molecule has 4 bridgehead atoms. The first-order valence-electron chi connectivity index (χ1n) is 8.06. The normalized spacial score (nSPS) is 43.7. The topological polar surface area (TPSA) is 0 Å². The molecule has 0 heterocycles. The fourth-order valence-electron chi connectivity index (χ4n) is 6.13. The zero-order chi connectivity index (χ0) is 13.3. The molecule has 4 aliphatic rings. The van der Waals surface area contributed by atoms with E-state index in [2.05, 4.69) is 39.0 Å². The minimum Gasteiger partial charge on any atom is -0.0596 e. The van der Waals surface area contributed by atoms with Gasteiger partial charge in [-0.1, -0.05) is 25.1 Å². The maximum Gasteiger partial charge on any atom is -0.00364 e. The number of benzene rings is 1. The zero-order valence-corrected chi connectivity index (χ0v) is 12.6. The summed E-state index contributed by atoms with van der Waals surface area (Å²) in [5, 5.41) is 0. The van der Waals surface area contributed by atoms with E-state index in [0.717, 1.165) is 11.8 Å². The van der Waals surface area contributed by atoms with Crippen LogP contribution in [-0.4, -0.2) is 0 Å². The third-order valence-corrected chi connectivity index (χ3v) is 6.47. The molecule has 0 radical (unpaired) electrons. The third kappa shape index (κ3) is 1.72. The quantitative estimate of drug-likeness (QED) is 0.649. The monoisotopic (exact) mass is 254 g/mol. The van der Waals surface area contributed by atoms with Gasteiger partial charge in [0.1, 0.15) is 0 Å². The molecule has 4 aliphatic carbocycles. The number of hydrogen-bond acceptors (Lipinski definition) is 0. The van der Waals surface area contributed by atoms with Gasteiger partial charge in [0.25, 0.3) is 0 Å². The molecule has 2 atom stereocenters. The molecule has 0 nitrogen and oxygen atoms in total. The van der Waals surface area contributed by atoms with E-state index >= 15 is 0 Å². The van der Waals surface area contributed by atoms with E-state index in [-0.39, 0.29) is 0 Å². The van der Waals surface area contributed by atoms with Crippen LogP contribution in [0.1, 0.15) is 62.1 Å². The third-order valence-electron chi connectivity index (χ3n) is 6.47. The van der Waals surface area contributed by atoms with E-state index < -0.39 is 0 Å². The summed E-state index contributed by atoms with van der Waals surface area (Å²) in [4.78, 5) is 0. The second kappa shape index (κ2) is 3.65. The van der Waals surface area contributed by atoms with E-state index in [1.807, 2.05) is 0 Å². The molecule has 1 aromatic rings. The van der Waals surface area contributed by atoms with Gasteiger partial charge < -0.3 is 0 Å². The van der Waals surface area contributed by atoms with E-state index in [1.54, 1.807) is 5.56 Å². The zero-order valence-electron chi connectivity index (χ0n) is 12.6. The van der Waals surface area contributed by atoms with Crippen LogP contribution in [0.2, 0.25) is 0 Å². The molecule has 0 heteroatoms. The summed E-state index contributed by atoms with van der Waals surface area (Å²) in [6.45, 7) is 7.08. The lowest BCUT2D eigenvalue weighted by molar-refractivity contribution is -0.0616. The van der Waals surface area contributed by atoms with Gasteiger partial charge in [-0.05, 0) is 91.7 Å². The van der Waals surface area contributed by atoms with Crippen LogP contribution in [0.5, 0.6) is 0 Å². The van der Waals surface area contributed by atoms with Gasteiger partial charge >= 0.3 is 0 Å². The van der Waals surface area contributed by atoms with Crippen molar-refractivity contribution in [3.8, 4) is 0 Å². The minimum atomic E-state index is 0.539. The van der Waals surface area contributed by atoms with Crippen molar-refractivity contribution in [1.29, 1.82) is 0 Å². The summed E-state index contributed by atoms with van der Waals surface area (Å²) in [5.74, 6) is 2.04. The Morgan fingerprint density at radius 2 is 1.63 bits per heavy atom. The van der Waals surface area contributed by atoms with Crippen LogP contribution in [0.3, 0.4) is 0 Å². The highest BCUT2D eigenvalue weighted by atomic mass is 14.6.